The Hall–Kier alpha value is -2.77. The van der Waals surface area contributed by atoms with Gasteiger partial charge in [0.25, 0.3) is 5.91 Å². The van der Waals surface area contributed by atoms with Gasteiger partial charge in [-0.2, -0.15) is 0 Å². The van der Waals surface area contributed by atoms with Crippen LogP contribution in [0.2, 0.25) is 0 Å². The zero-order chi connectivity index (χ0) is 21.0. The van der Waals surface area contributed by atoms with Gasteiger partial charge in [0, 0.05) is 6.04 Å². The highest BCUT2D eigenvalue weighted by atomic mass is 16.7. The third-order valence-electron chi connectivity index (χ3n) is 5.42. The number of benzene rings is 1. The Morgan fingerprint density at radius 2 is 2.00 bits per heavy atom. The smallest absolute Gasteiger partial charge is 0.325 e. The van der Waals surface area contributed by atoms with Crippen molar-refractivity contribution in [2.75, 3.05) is 13.3 Å². The van der Waals surface area contributed by atoms with Crippen LogP contribution in [0.4, 0.5) is 4.79 Å². The number of imide groups is 1. The Morgan fingerprint density at radius 3 is 2.76 bits per heavy atom. The number of fused-ring (bicyclic) bond motifs is 1. The molecule has 158 valence electrons. The van der Waals surface area contributed by atoms with Gasteiger partial charge in [0.05, 0.1) is 0 Å². The molecular formula is C21H29N3O5. The molecule has 3 rings (SSSR count). The topological polar surface area (TPSA) is 97.0 Å². The first-order chi connectivity index (χ1) is 13.8. The van der Waals surface area contributed by atoms with Gasteiger partial charge in [-0.1, -0.05) is 38.7 Å². The summed E-state index contributed by atoms with van der Waals surface area (Å²) in [6.45, 7) is 5.54. The van der Waals surface area contributed by atoms with Crippen LogP contribution in [0.25, 0.3) is 0 Å². The molecule has 0 bridgehead atoms. The average Bonchev–Trinajstić information content (AvgIpc) is 3.23. The molecule has 1 aromatic carbocycles. The first-order valence-electron chi connectivity index (χ1n) is 10.2. The summed E-state index contributed by atoms with van der Waals surface area (Å²) in [5.41, 5.74) is -0.684. The molecule has 0 radical (unpaired) electrons. The molecular weight excluding hydrogens is 374 g/mol. The van der Waals surface area contributed by atoms with E-state index in [1.54, 1.807) is 25.1 Å². The van der Waals surface area contributed by atoms with E-state index >= 15 is 0 Å². The van der Waals surface area contributed by atoms with Crippen molar-refractivity contribution >= 4 is 17.8 Å². The molecule has 0 aromatic heterocycles. The van der Waals surface area contributed by atoms with Gasteiger partial charge in [-0.25, -0.2) is 4.79 Å². The number of urea groups is 1. The third kappa shape index (κ3) is 4.46. The van der Waals surface area contributed by atoms with E-state index in [9.17, 15) is 14.4 Å². The Kier molecular flexibility index (Phi) is 6.30. The highest BCUT2D eigenvalue weighted by molar-refractivity contribution is 6.09. The Labute approximate surface area is 170 Å². The number of nitrogens with one attached hydrogen (secondary N) is 2. The Bertz CT molecular complexity index is 797. The molecule has 1 aromatic rings. The lowest BCUT2D eigenvalue weighted by Gasteiger charge is -2.22. The molecule has 0 saturated carbocycles. The maximum absolute atomic E-state index is 13.0. The molecule has 8 nitrogen and oxygen atoms in total. The van der Waals surface area contributed by atoms with Crippen LogP contribution in [0.1, 0.15) is 58.4 Å². The van der Waals surface area contributed by atoms with Gasteiger partial charge < -0.3 is 20.1 Å². The molecule has 1 fully saturated rings. The summed E-state index contributed by atoms with van der Waals surface area (Å²) >= 11 is 0. The molecule has 0 aliphatic carbocycles. The van der Waals surface area contributed by atoms with Crippen molar-refractivity contribution in [3.63, 3.8) is 0 Å². The Morgan fingerprint density at radius 1 is 1.24 bits per heavy atom. The number of rotatable bonds is 9. The van der Waals surface area contributed by atoms with Gasteiger partial charge in [-0.15, -0.1) is 0 Å². The summed E-state index contributed by atoms with van der Waals surface area (Å²) < 4.78 is 10.7. The highest BCUT2D eigenvalue weighted by Crippen LogP contribution is 2.37. The second kappa shape index (κ2) is 8.71. The summed E-state index contributed by atoms with van der Waals surface area (Å²) in [6.07, 6.45) is 5.40. The average molecular weight is 403 g/mol. The van der Waals surface area contributed by atoms with E-state index < -0.39 is 17.5 Å². The van der Waals surface area contributed by atoms with E-state index in [2.05, 4.69) is 17.6 Å². The van der Waals surface area contributed by atoms with Crippen LogP contribution in [0.5, 0.6) is 11.5 Å². The van der Waals surface area contributed by atoms with Crippen LogP contribution in [-0.4, -0.2) is 42.1 Å². The number of unbranched alkanes of at least 4 members (excludes halogenated alkanes) is 3. The lowest BCUT2D eigenvalue weighted by molar-refractivity contribution is -0.135. The van der Waals surface area contributed by atoms with Crippen molar-refractivity contribution < 1.29 is 23.9 Å². The van der Waals surface area contributed by atoms with Crippen LogP contribution in [0, 0.1) is 0 Å². The molecule has 2 aliphatic heterocycles. The van der Waals surface area contributed by atoms with Crippen molar-refractivity contribution in [3.8, 4) is 11.5 Å². The number of carbonyl (C=O) groups is 3. The highest BCUT2D eigenvalue weighted by Gasteiger charge is 2.49. The maximum atomic E-state index is 13.0. The molecule has 2 heterocycles. The fourth-order valence-electron chi connectivity index (χ4n) is 3.66. The van der Waals surface area contributed by atoms with E-state index in [1.807, 2.05) is 6.92 Å². The quantitative estimate of drug-likeness (QED) is 0.488. The van der Waals surface area contributed by atoms with Gasteiger partial charge in [0.2, 0.25) is 12.7 Å². The number of nitrogens with zero attached hydrogens (tertiary/aromatic N) is 1. The molecule has 2 N–H and O–H groups in total. The lowest BCUT2D eigenvalue weighted by Crippen LogP contribution is -2.45. The number of carbonyl (C=O) groups excluding carboxylic acids is 3. The first kappa shape index (κ1) is 21.0. The van der Waals surface area contributed by atoms with Crippen molar-refractivity contribution in [2.45, 2.75) is 64.5 Å². The molecule has 4 amide bonds. The third-order valence-corrected chi connectivity index (χ3v) is 5.42. The van der Waals surface area contributed by atoms with Crippen LogP contribution >= 0.6 is 0 Å². The van der Waals surface area contributed by atoms with Gasteiger partial charge in [0.15, 0.2) is 11.5 Å². The van der Waals surface area contributed by atoms with Gasteiger partial charge in [0.1, 0.15) is 12.1 Å². The van der Waals surface area contributed by atoms with E-state index in [0.29, 0.717) is 17.1 Å². The van der Waals surface area contributed by atoms with Crippen LogP contribution in [-0.2, 0) is 15.1 Å². The normalized spacial score (nSPS) is 21.3. The van der Waals surface area contributed by atoms with E-state index in [0.717, 1.165) is 30.6 Å². The summed E-state index contributed by atoms with van der Waals surface area (Å²) in [6, 6.07) is 4.52. The standard InChI is InChI=1S/C21H29N3O5/c1-4-5-6-7-8-14(2)22-18(25)12-24-19(26)21(3,23-20(24)27)15-9-10-16-17(11-15)29-13-28-16/h9-11,14H,4-8,12-13H2,1-3H3,(H,22,25)(H,23,27)/t14-,21-/m0/s1. The summed E-state index contributed by atoms with van der Waals surface area (Å²) in [7, 11) is 0. The van der Waals surface area contributed by atoms with E-state index in [4.69, 9.17) is 9.47 Å². The van der Waals surface area contributed by atoms with Crippen molar-refractivity contribution in [1.29, 1.82) is 0 Å². The second-order valence-electron chi connectivity index (χ2n) is 7.83. The first-order valence-corrected chi connectivity index (χ1v) is 10.2. The monoisotopic (exact) mass is 403 g/mol. The van der Waals surface area contributed by atoms with Gasteiger partial charge in [-0.05, 0) is 38.0 Å². The maximum Gasteiger partial charge on any atom is 0.325 e. The fourth-order valence-corrected chi connectivity index (χ4v) is 3.66. The largest absolute Gasteiger partial charge is 0.454 e. The number of hydrogen-bond acceptors (Lipinski definition) is 5. The van der Waals surface area contributed by atoms with Gasteiger partial charge >= 0.3 is 6.03 Å². The van der Waals surface area contributed by atoms with Crippen LogP contribution in [0.3, 0.4) is 0 Å². The molecule has 1 saturated heterocycles. The number of ether oxygens (including phenoxy) is 2. The lowest BCUT2D eigenvalue weighted by atomic mass is 9.91. The number of hydrogen-bond donors (Lipinski definition) is 2. The SMILES string of the molecule is CCCCCC[C@H](C)NC(=O)CN1C(=O)N[C@@](C)(c2ccc3c(c2)OCO3)C1=O. The minimum atomic E-state index is -1.26. The minimum Gasteiger partial charge on any atom is -0.454 e. The molecule has 0 unspecified atom stereocenters. The number of amides is 4. The molecule has 2 atom stereocenters. The molecule has 2 aliphatic rings. The van der Waals surface area contributed by atoms with Crippen LogP contribution in [0.15, 0.2) is 18.2 Å². The van der Waals surface area contributed by atoms with Gasteiger partial charge in [-0.3, -0.25) is 14.5 Å². The zero-order valence-electron chi connectivity index (χ0n) is 17.2. The summed E-state index contributed by atoms with van der Waals surface area (Å²) in [4.78, 5) is 38.8. The van der Waals surface area contributed by atoms with Crippen molar-refractivity contribution in [2.24, 2.45) is 0 Å². The predicted octanol–water partition coefficient (Wildman–Crippen LogP) is 2.66. The zero-order valence-corrected chi connectivity index (χ0v) is 17.2. The molecule has 29 heavy (non-hydrogen) atoms. The molecule has 8 heteroatoms. The van der Waals surface area contributed by atoms with Crippen molar-refractivity contribution in [1.82, 2.24) is 15.5 Å². The second-order valence-corrected chi connectivity index (χ2v) is 7.83. The Balaban J connectivity index is 1.60. The summed E-state index contributed by atoms with van der Waals surface area (Å²) in [5.74, 6) is 0.315. The van der Waals surface area contributed by atoms with E-state index in [1.165, 1.54) is 6.42 Å². The van der Waals surface area contributed by atoms with Crippen LogP contribution < -0.4 is 20.1 Å². The van der Waals surface area contributed by atoms with Crippen molar-refractivity contribution in [3.05, 3.63) is 23.8 Å². The fraction of sp³-hybridized carbons (Fsp3) is 0.571. The van der Waals surface area contributed by atoms with E-state index in [-0.39, 0.29) is 25.3 Å². The molecule has 0 spiro atoms. The predicted molar refractivity (Wildman–Crippen MR) is 107 cm³/mol. The summed E-state index contributed by atoms with van der Waals surface area (Å²) in [5, 5.41) is 5.58. The minimum absolute atomic E-state index is 0.000339.